The van der Waals surface area contributed by atoms with E-state index in [1.165, 1.54) is 24.6 Å². The Morgan fingerprint density at radius 1 is 1.18 bits per heavy atom. The van der Waals surface area contributed by atoms with Crippen LogP contribution in [0.1, 0.15) is 38.2 Å². The highest BCUT2D eigenvalue weighted by Crippen LogP contribution is 2.31. The van der Waals surface area contributed by atoms with Crippen molar-refractivity contribution in [3.63, 3.8) is 0 Å². The van der Waals surface area contributed by atoms with Crippen LogP contribution in [0.15, 0.2) is 47.4 Å². The minimum Gasteiger partial charge on any atom is -0.293 e. The number of nitrogens with zero attached hydrogens (tertiary/aromatic N) is 1. The van der Waals surface area contributed by atoms with Crippen molar-refractivity contribution < 1.29 is 4.79 Å². The first-order valence-corrected chi connectivity index (χ1v) is 8.92. The van der Waals surface area contributed by atoms with Crippen LogP contribution in [0.4, 0.5) is 0 Å². The van der Waals surface area contributed by atoms with Crippen molar-refractivity contribution in [2.45, 2.75) is 32.6 Å². The zero-order valence-corrected chi connectivity index (χ0v) is 14.5. The summed E-state index contributed by atoms with van der Waals surface area (Å²) in [7, 11) is 0. The average molecular weight is 332 g/mol. The Morgan fingerprint density at radius 3 is 2.68 bits per heavy atom. The lowest BCUT2D eigenvalue weighted by Gasteiger charge is -2.13. The molecule has 22 heavy (non-hydrogen) atoms. The van der Waals surface area contributed by atoms with Gasteiger partial charge in [-0.1, -0.05) is 92.6 Å². The van der Waals surface area contributed by atoms with E-state index in [0.717, 1.165) is 24.9 Å². The maximum atomic E-state index is 12.3. The van der Waals surface area contributed by atoms with E-state index < -0.39 is 0 Å². The maximum absolute atomic E-state index is 12.3. The molecule has 1 aliphatic heterocycles. The zero-order valence-electron chi connectivity index (χ0n) is 12.8. The monoisotopic (exact) mass is 331 g/mol. The smallest absolute Gasteiger partial charge is 0.266 e. The lowest BCUT2D eigenvalue weighted by atomic mass is 10.2. The molecule has 0 unspecified atom stereocenters. The number of carbonyl (C=O) groups excluding carboxylic acids is 1. The first kappa shape index (κ1) is 17.0. The summed E-state index contributed by atoms with van der Waals surface area (Å²) < 4.78 is 0.681. The molecule has 0 aliphatic carbocycles. The van der Waals surface area contributed by atoms with E-state index in [1.54, 1.807) is 4.90 Å². The molecule has 0 spiro atoms. The van der Waals surface area contributed by atoms with Gasteiger partial charge in [-0.2, -0.15) is 0 Å². The second-order valence-electron chi connectivity index (χ2n) is 5.19. The first-order valence-electron chi connectivity index (χ1n) is 7.69. The summed E-state index contributed by atoms with van der Waals surface area (Å²) in [5, 5.41) is 0. The van der Waals surface area contributed by atoms with Crippen LogP contribution in [-0.2, 0) is 4.79 Å². The zero-order chi connectivity index (χ0) is 15.8. The minimum atomic E-state index is 0.0456. The number of carbonyl (C=O) groups is 1. The fourth-order valence-electron chi connectivity index (χ4n) is 2.21. The van der Waals surface area contributed by atoms with Crippen LogP contribution in [-0.4, -0.2) is 21.7 Å². The summed E-state index contributed by atoms with van der Waals surface area (Å²) in [5.41, 5.74) is 1.12. The van der Waals surface area contributed by atoms with Gasteiger partial charge >= 0.3 is 0 Å². The normalized spacial score (nSPS) is 17.1. The number of thiocarbonyl (C=S) groups is 1. The molecule has 1 fully saturated rings. The van der Waals surface area contributed by atoms with Crippen molar-refractivity contribution in [2.75, 3.05) is 6.54 Å². The number of rotatable bonds is 7. The van der Waals surface area contributed by atoms with Gasteiger partial charge < -0.3 is 0 Å². The second-order valence-corrected chi connectivity index (χ2v) is 6.86. The van der Waals surface area contributed by atoms with Gasteiger partial charge in [-0.15, -0.1) is 0 Å². The van der Waals surface area contributed by atoms with Gasteiger partial charge in [-0.25, -0.2) is 0 Å². The number of benzene rings is 1. The molecule has 0 radical (unpaired) electrons. The minimum absolute atomic E-state index is 0.0456. The lowest BCUT2D eigenvalue weighted by Crippen LogP contribution is -2.28. The molecule has 1 amide bonds. The number of thioether (sulfide) groups is 1. The van der Waals surface area contributed by atoms with E-state index in [4.69, 9.17) is 12.2 Å². The number of hydrogen-bond acceptors (Lipinski definition) is 3. The van der Waals surface area contributed by atoms with Crippen LogP contribution in [0.25, 0.3) is 6.08 Å². The first-order chi connectivity index (χ1) is 10.7. The lowest BCUT2D eigenvalue weighted by molar-refractivity contribution is -0.122. The van der Waals surface area contributed by atoms with Gasteiger partial charge in [-0.05, 0) is 18.1 Å². The van der Waals surface area contributed by atoms with E-state index >= 15 is 0 Å². The summed E-state index contributed by atoms with van der Waals surface area (Å²) in [6.07, 6.45) is 10.4. The Bertz CT molecular complexity index is 578. The highest BCUT2D eigenvalue weighted by molar-refractivity contribution is 8.26. The molecule has 1 aromatic rings. The SMILES string of the molecule is CCCCCCN1C(=O)C(=CC=Cc2ccccc2)SC1=S. The molecular weight excluding hydrogens is 310 g/mol. The Morgan fingerprint density at radius 2 is 1.95 bits per heavy atom. The largest absolute Gasteiger partial charge is 0.293 e. The van der Waals surface area contributed by atoms with Crippen molar-refractivity contribution in [1.82, 2.24) is 4.90 Å². The van der Waals surface area contributed by atoms with Crippen LogP contribution in [0.2, 0.25) is 0 Å². The molecule has 2 rings (SSSR count). The van der Waals surface area contributed by atoms with Crippen LogP contribution < -0.4 is 0 Å². The van der Waals surface area contributed by atoms with Crippen molar-refractivity contribution >= 4 is 40.3 Å². The summed E-state index contributed by atoms with van der Waals surface area (Å²) >= 11 is 6.72. The van der Waals surface area contributed by atoms with Gasteiger partial charge in [0.15, 0.2) is 0 Å². The molecule has 0 saturated carbocycles. The summed E-state index contributed by atoms with van der Waals surface area (Å²) in [6.45, 7) is 2.92. The Balaban J connectivity index is 1.93. The fourth-order valence-corrected chi connectivity index (χ4v) is 3.47. The van der Waals surface area contributed by atoms with Crippen molar-refractivity contribution in [3.8, 4) is 0 Å². The second kappa shape index (κ2) is 8.91. The molecule has 0 atom stereocenters. The Kier molecular flexibility index (Phi) is 6.87. The summed E-state index contributed by atoms with van der Waals surface area (Å²) in [4.78, 5) is 14.8. The third-order valence-electron chi connectivity index (χ3n) is 3.44. The molecular formula is C18H21NOS2. The molecule has 116 valence electrons. The van der Waals surface area contributed by atoms with Crippen LogP contribution in [0, 0.1) is 0 Å². The third-order valence-corrected chi connectivity index (χ3v) is 4.84. The molecule has 0 N–H and O–H groups in total. The van der Waals surface area contributed by atoms with E-state index in [1.807, 2.05) is 48.6 Å². The molecule has 1 saturated heterocycles. The topological polar surface area (TPSA) is 20.3 Å². The highest BCUT2D eigenvalue weighted by Gasteiger charge is 2.30. The van der Waals surface area contributed by atoms with Crippen molar-refractivity contribution in [2.24, 2.45) is 0 Å². The maximum Gasteiger partial charge on any atom is 0.266 e. The van der Waals surface area contributed by atoms with Crippen LogP contribution in [0.3, 0.4) is 0 Å². The fraction of sp³-hybridized carbons (Fsp3) is 0.333. The average Bonchev–Trinajstić information content (AvgIpc) is 2.80. The van der Waals surface area contributed by atoms with E-state index in [0.29, 0.717) is 9.23 Å². The third kappa shape index (κ3) is 4.82. The van der Waals surface area contributed by atoms with E-state index in [9.17, 15) is 4.79 Å². The Hall–Kier alpha value is -1.39. The quantitative estimate of drug-likeness (QED) is 0.397. The predicted octanol–water partition coefficient (Wildman–Crippen LogP) is 5.02. The number of unbranched alkanes of at least 4 members (excludes halogenated alkanes) is 3. The number of hydrogen-bond donors (Lipinski definition) is 0. The number of allylic oxidation sites excluding steroid dienone is 2. The van der Waals surface area contributed by atoms with Gasteiger partial charge in [0.25, 0.3) is 5.91 Å². The Labute approximate surface area is 142 Å². The molecule has 0 aromatic heterocycles. The molecule has 1 heterocycles. The predicted molar refractivity (Wildman–Crippen MR) is 99.6 cm³/mol. The van der Waals surface area contributed by atoms with Crippen LogP contribution >= 0.6 is 24.0 Å². The van der Waals surface area contributed by atoms with E-state index in [-0.39, 0.29) is 5.91 Å². The van der Waals surface area contributed by atoms with Gasteiger partial charge in [0.05, 0.1) is 4.91 Å². The van der Waals surface area contributed by atoms with Crippen molar-refractivity contribution in [1.29, 1.82) is 0 Å². The van der Waals surface area contributed by atoms with E-state index in [2.05, 4.69) is 6.92 Å². The molecule has 2 nitrogen and oxygen atoms in total. The molecule has 4 heteroatoms. The van der Waals surface area contributed by atoms with Gasteiger partial charge in [0.2, 0.25) is 0 Å². The van der Waals surface area contributed by atoms with Crippen LogP contribution in [0.5, 0.6) is 0 Å². The molecule has 1 aliphatic rings. The summed E-state index contributed by atoms with van der Waals surface area (Å²) in [5.74, 6) is 0.0456. The standard InChI is InChI=1S/C18H21NOS2/c1-2-3-4-8-14-19-17(20)16(22-18(19)21)13-9-12-15-10-6-5-7-11-15/h5-7,9-13H,2-4,8,14H2,1H3. The van der Waals surface area contributed by atoms with Crippen molar-refractivity contribution in [3.05, 3.63) is 53.0 Å². The van der Waals surface area contributed by atoms with Gasteiger partial charge in [0.1, 0.15) is 4.32 Å². The highest BCUT2D eigenvalue weighted by atomic mass is 32.2. The summed E-state index contributed by atoms with van der Waals surface area (Å²) in [6, 6.07) is 10.0. The molecule has 0 bridgehead atoms. The van der Waals surface area contributed by atoms with Gasteiger partial charge in [-0.3, -0.25) is 9.69 Å². The molecule has 1 aromatic carbocycles. The van der Waals surface area contributed by atoms with Gasteiger partial charge in [0, 0.05) is 6.54 Å². The number of amides is 1.